The summed E-state index contributed by atoms with van der Waals surface area (Å²) in [7, 11) is 0. The number of aliphatic hydroxyl groups is 2. The average Bonchev–Trinajstić information content (AvgIpc) is 2.26. The van der Waals surface area contributed by atoms with Gasteiger partial charge in [0.15, 0.2) is 0 Å². The number of carbonyl (C=O) groups is 1. The van der Waals surface area contributed by atoms with E-state index in [1.807, 2.05) is 0 Å². The second kappa shape index (κ2) is 5.28. The predicted molar refractivity (Wildman–Crippen MR) is 49.8 cm³/mol. The van der Waals surface area contributed by atoms with Crippen molar-refractivity contribution in [2.24, 2.45) is 0 Å². The summed E-state index contributed by atoms with van der Waals surface area (Å²) in [5.74, 6) is -0.863. The fourth-order valence-electron chi connectivity index (χ4n) is 0.860. The Balaban J connectivity index is 2.62. The van der Waals surface area contributed by atoms with Gasteiger partial charge in [0.1, 0.15) is 18.5 Å². The van der Waals surface area contributed by atoms with Crippen molar-refractivity contribution < 1.29 is 24.9 Å². The van der Waals surface area contributed by atoms with Gasteiger partial charge in [-0.2, -0.15) is 0 Å². The van der Waals surface area contributed by atoms with Crippen LogP contribution in [0.1, 0.15) is 10.4 Å². The number of ether oxygens (including phenoxy) is 1. The van der Waals surface area contributed by atoms with Crippen molar-refractivity contribution in [3.63, 3.8) is 0 Å². The Morgan fingerprint density at radius 2 is 2.27 bits per heavy atom. The maximum absolute atomic E-state index is 10.6. The molecule has 1 aromatic rings. The van der Waals surface area contributed by atoms with Gasteiger partial charge in [-0.05, 0) is 6.07 Å². The van der Waals surface area contributed by atoms with Crippen molar-refractivity contribution >= 4 is 5.97 Å². The van der Waals surface area contributed by atoms with Crippen LogP contribution in [-0.4, -0.2) is 45.6 Å². The van der Waals surface area contributed by atoms with Crippen molar-refractivity contribution in [2.75, 3.05) is 13.2 Å². The molecule has 6 heteroatoms. The third-order valence-electron chi connectivity index (χ3n) is 1.61. The van der Waals surface area contributed by atoms with Crippen LogP contribution in [0.15, 0.2) is 18.5 Å². The standard InChI is InChI=1S/C9H11NO5/c11-4-7(12)5-15-8-1-6(9(13)14)2-10-3-8/h1-3,7,11-12H,4-5H2,(H,13,14). The molecule has 0 aromatic carbocycles. The third kappa shape index (κ3) is 3.53. The first kappa shape index (κ1) is 11.4. The van der Waals surface area contributed by atoms with Gasteiger partial charge in [-0.25, -0.2) is 4.79 Å². The van der Waals surface area contributed by atoms with Gasteiger partial charge in [0.25, 0.3) is 0 Å². The fourth-order valence-corrected chi connectivity index (χ4v) is 0.860. The molecule has 0 aliphatic heterocycles. The molecule has 6 nitrogen and oxygen atoms in total. The molecule has 0 bridgehead atoms. The number of nitrogens with zero attached hydrogens (tertiary/aromatic N) is 1. The van der Waals surface area contributed by atoms with Gasteiger partial charge in [0.2, 0.25) is 0 Å². The molecule has 3 N–H and O–H groups in total. The largest absolute Gasteiger partial charge is 0.489 e. The van der Waals surface area contributed by atoms with Crippen LogP contribution in [0.3, 0.4) is 0 Å². The van der Waals surface area contributed by atoms with E-state index in [9.17, 15) is 4.79 Å². The van der Waals surface area contributed by atoms with E-state index in [1.54, 1.807) is 0 Å². The quantitative estimate of drug-likeness (QED) is 0.610. The number of hydrogen-bond acceptors (Lipinski definition) is 5. The van der Waals surface area contributed by atoms with Crippen LogP contribution in [-0.2, 0) is 0 Å². The normalized spacial score (nSPS) is 12.1. The summed E-state index contributed by atoms with van der Waals surface area (Å²) in [6, 6.07) is 1.29. The summed E-state index contributed by atoms with van der Waals surface area (Å²) in [6.07, 6.45) is 1.53. The molecule has 0 amide bonds. The summed E-state index contributed by atoms with van der Waals surface area (Å²) < 4.78 is 5.01. The molecule has 82 valence electrons. The number of carboxylic acids is 1. The van der Waals surface area contributed by atoms with Crippen molar-refractivity contribution in [1.82, 2.24) is 4.98 Å². The van der Waals surface area contributed by atoms with Gasteiger partial charge in [0.05, 0.1) is 18.4 Å². The lowest BCUT2D eigenvalue weighted by Crippen LogP contribution is -2.21. The van der Waals surface area contributed by atoms with Crippen molar-refractivity contribution in [3.05, 3.63) is 24.0 Å². The molecule has 0 fully saturated rings. The number of carboxylic acid groups (broad SMARTS) is 1. The Bertz CT molecular complexity index is 341. The van der Waals surface area contributed by atoms with Crippen LogP contribution >= 0.6 is 0 Å². The zero-order valence-corrected chi connectivity index (χ0v) is 7.83. The Morgan fingerprint density at radius 1 is 1.53 bits per heavy atom. The van der Waals surface area contributed by atoms with E-state index >= 15 is 0 Å². The fraction of sp³-hybridized carbons (Fsp3) is 0.333. The summed E-state index contributed by atoms with van der Waals surface area (Å²) in [5, 5.41) is 26.1. The number of aromatic carboxylic acids is 1. The molecule has 1 unspecified atom stereocenters. The van der Waals surface area contributed by atoms with Crippen LogP contribution in [0.25, 0.3) is 0 Å². The average molecular weight is 213 g/mol. The number of aliphatic hydroxyl groups excluding tert-OH is 2. The van der Waals surface area contributed by atoms with Crippen molar-refractivity contribution in [1.29, 1.82) is 0 Å². The van der Waals surface area contributed by atoms with Crippen molar-refractivity contribution in [3.8, 4) is 5.75 Å². The minimum Gasteiger partial charge on any atom is -0.489 e. The highest BCUT2D eigenvalue weighted by atomic mass is 16.5. The second-order valence-electron chi connectivity index (χ2n) is 2.86. The Morgan fingerprint density at radius 3 is 2.87 bits per heavy atom. The Kier molecular flexibility index (Phi) is 4.02. The first-order valence-corrected chi connectivity index (χ1v) is 4.23. The van der Waals surface area contributed by atoms with Gasteiger partial charge in [0, 0.05) is 6.20 Å². The SMILES string of the molecule is O=C(O)c1cncc(OCC(O)CO)c1. The second-order valence-corrected chi connectivity index (χ2v) is 2.86. The molecule has 0 saturated heterocycles. The summed E-state index contributed by atoms with van der Waals surface area (Å²) in [4.78, 5) is 14.2. The van der Waals surface area contributed by atoms with Gasteiger partial charge in [-0.1, -0.05) is 0 Å². The predicted octanol–water partition coefficient (Wildman–Crippen LogP) is -0.488. The Hall–Kier alpha value is -1.66. The molecule has 0 saturated carbocycles. The van der Waals surface area contributed by atoms with Gasteiger partial charge < -0.3 is 20.1 Å². The molecular weight excluding hydrogens is 202 g/mol. The van der Waals surface area contributed by atoms with Gasteiger partial charge >= 0.3 is 5.97 Å². The highest BCUT2D eigenvalue weighted by Crippen LogP contribution is 2.11. The molecule has 1 heterocycles. The van der Waals surface area contributed by atoms with E-state index in [-0.39, 0.29) is 17.9 Å². The van der Waals surface area contributed by atoms with Crippen LogP contribution in [0.4, 0.5) is 0 Å². The van der Waals surface area contributed by atoms with Gasteiger partial charge in [-0.3, -0.25) is 4.98 Å². The zero-order valence-electron chi connectivity index (χ0n) is 7.83. The van der Waals surface area contributed by atoms with E-state index in [0.717, 1.165) is 0 Å². The molecule has 1 aromatic heterocycles. The summed E-state index contributed by atoms with van der Waals surface area (Å²) in [6.45, 7) is -0.521. The molecule has 15 heavy (non-hydrogen) atoms. The van der Waals surface area contributed by atoms with E-state index in [0.29, 0.717) is 0 Å². The lowest BCUT2D eigenvalue weighted by molar-refractivity contribution is 0.0533. The number of rotatable bonds is 5. The van der Waals surface area contributed by atoms with E-state index in [1.165, 1.54) is 18.5 Å². The molecule has 1 atom stereocenters. The number of aromatic nitrogens is 1. The van der Waals surface area contributed by atoms with Crippen LogP contribution < -0.4 is 4.74 Å². The van der Waals surface area contributed by atoms with E-state index < -0.39 is 18.7 Å². The molecule has 0 spiro atoms. The maximum atomic E-state index is 10.6. The number of hydrogen-bond donors (Lipinski definition) is 3. The molecule has 0 radical (unpaired) electrons. The highest BCUT2D eigenvalue weighted by molar-refractivity contribution is 5.87. The molecule has 0 aliphatic carbocycles. The minimum absolute atomic E-state index is 0.00554. The number of pyridine rings is 1. The van der Waals surface area contributed by atoms with Crippen LogP contribution in [0.2, 0.25) is 0 Å². The first-order valence-electron chi connectivity index (χ1n) is 4.23. The zero-order chi connectivity index (χ0) is 11.3. The smallest absolute Gasteiger partial charge is 0.337 e. The minimum atomic E-state index is -1.10. The molecule has 0 aliphatic rings. The van der Waals surface area contributed by atoms with Crippen LogP contribution in [0.5, 0.6) is 5.75 Å². The maximum Gasteiger partial charge on any atom is 0.337 e. The van der Waals surface area contributed by atoms with E-state index in [4.69, 9.17) is 20.1 Å². The highest BCUT2D eigenvalue weighted by Gasteiger charge is 2.06. The first-order chi connectivity index (χ1) is 7.13. The monoisotopic (exact) mass is 213 g/mol. The lowest BCUT2D eigenvalue weighted by atomic mass is 10.3. The van der Waals surface area contributed by atoms with Crippen LogP contribution in [0, 0.1) is 0 Å². The molecular formula is C9H11NO5. The summed E-state index contributed by atoms with van der Waals surface area (Å²) in [5.41, 5.74) is 0.00554. The summed E-state index contributed by atoms with van der Waals surface area (Å²) >= 11 is 0. The molecule has 1 rings (SSSR count). The third-order valence-corrected chi connectivity index (χ3v) is 1.61. The van der Waals surface area contributed by atoms with E-state index in [2.05, 4.69) is 4.98 Å². The topological polar surface area (TPSA) is 99.9 Å². The van der Waals surface area contributed by atoms with Gasteiger partial charge in [-0.15, -0.1) is 0 Å². The lowest BCUT2D eigenvalue weighted by Gasteiger charge is -2.09. The van der Waals surface area contributed by atoms with Crippen molar-refractivity contribution in [2.45, 2.75) is 6.10 Å². The Labute approximate surface area is 85.8 Å².